The highest BCUT2D eigenvalue weighted by Crippen LogP contribution is 2.18. The van der Waals surface area contributed by atoms with Crippen LogP contribution in [0.5, 0.6) is 0 Å². The Labute approximate surface area is 94.7 Å². The molecule has 4 heteroatoms. The number of pyridine rings is 1. The summed E-state index contributed by atoms with van der Waals surface area (Å²) in [5.74, 6) is -0.202. The van der Waals surface area contributed by atoms with Crippen LogP contribution < -0.4 is 5.32 Å². The van der Waals surface area contributed by atoms with Gasteiger partial charge in [-0.15, -0.1) is 0 Å². The van der Waals surface area contributed by atoms with Gasteiger partial charge in [0, 0.05) is 6.20 Å². The molecule has 1 fully saturated rings. The number of hydrogen-bond acceptors (Lipinski definition) is 3. The molecule has 0 radical (unpaired) electrons. The van der Waals surface area contributed by atoms with Crippen molar-refractivity contribution in [2.75, 3.05) is 0 Å². The van der Waals surface area contributed by atoms with Crippen LogP contribution in [-0.2, 0) is 0 Å². The van der Waals surface area contributed by atoms with Gasteiger partial charge in [0.2, 0.25) is 0 Å². The molecule has 1 aromatic rings. The van der Waals surface area contributed by atoms with E-state index in [1.807, 2.05) is 0 Å². The Morgan fingerprint density at radius 3 is 2.88 bits per heavy atom. The maximum absolute atomic E-state index is 11.8. The second kappa shape index (κ2) is 5.07. The molecule has 1 amide bonds. The lowest BCUT2D eigenvalue weighted by atomic mass is 9.92. The number of hydrogen-bond donors (Lipinski definition) is 2. The smallest absolute Gasteiger partial charge is 0.270 e. The predicted molar refractivity (Wildman–Crippen MR) is 60.0 cm³/mol. The molecule has 4 nitrogen and oxygen atoms in total. The van der Waals surface area contributed by atoms with E-state index in [2.05, 4.69) is 10.3 Å². The topological polar surface area (TPSA) is 62.2 Å². The van der Waals surface area contributed by atoms with E-state index in [4.69, 9.17) is 0 Å². The van der Waals surface area contributed by atoms with Crippen molar-refractivity contribution in [3.05, 3.63) is 30.1 Å². The van der Waals surface area contributed by atoms with Gasteiger partial charge in [-0.1, -0.05) is 18.9 Å². The zero-order chi connectivity index (χ0) is 11.4. The van der Waals surface area contributed by atoms with E-state index in [1.54, 1.807) is 24.4 Å². The lowest BCUT2D eigenvalue weighted by Crippen LogP contribution is -2.45. The minimum atomic E-state index is -0.415. The first-order chi connectivity index (χ1) is 7.77. The van der Waals surface area contributed by atoms with E-state index in [-0.39, 0.29) is 11.9 Å². The average Bonchev–Trinajstić information content (AvgIpc) is 2.33. The fourth-order valence-corrected chi connectivity index (χ4v) is 2.02. The van der Waals surface area contributed by atoms with Crippen molar-refractivity contribution in [1.29, 1.82) is 0 Å². The lowest BCUT2D eigenvalue weighted by molar-refractivity contribution is 0.0714. The summed E-state index contributed by atoms with van der Waals surface area (Å²) in [6, 6.07) is 5.10. The molecule has 1 aliphatic carbocycles. The molecular weight excluding hydrogens is 204 g/mol. The van der Waals surface area contributed by atoms with Crippen LogP contribution in [0.4, 0.5) is 0 Å². The van der Waals surface area contributed by atoms with E-state index in [9.17, 15) is 9.90 Å². The summed E-state index contributed by atoms with van der Waals surface area (Å²) >= 11 is 0. The average molecular weight is 220 g/mol. The third-order valence-electron chi connectivity index (χ3n) is 2.94. The Hall–Kier alpha value is -1.42. The third-order valence-corrected chi connectivity index (χ3v) is 2.94. The number of carbonyl (C=O) groups excluding carboxylic acids is 1. The first-order valence-electron chi connectivity index (χ1n) is 5.67. The molecule has 2 unspecified atom stereocenters. The minimum absolute atomic E-state index is 0.122. The molecule has 1 saturated carbocycles. The number of amides is 1. The number of aromatic nitrogens is 1. The molecule has 0 aliphatic heterocycles. The summed E-state index contributed by atoms with van der Waals surface area (Å²) in [5.41, 5.74) is 0.403. The van der Waals surface area contributed by atoms with E-state index in [1.165, 1.54) is 0 Å². The van der Waals surface area contributed by atoms with Crippen LogP contribution in [0.25, 0.3) is 0 Å². The maximum Gasteiger partial charge on any atom is 0.270 e. The second-order valence-corrected chi connectivity index (χ2v) is 4.15. The number of aliphatic hydroxyl groups excluding tert-OH is 1. The van der Waals surface area contributed by atoms with Crippen molar-refractivity contribution in [3.63, 3.8) is 0 Å². The van der Waals surface area contributed by atoms with Crippen LogP contribution >= 0.6 is 0 Å². The summed E-state index contributed by atoms with van der Waals surface area (Å²) < 4.78 is 0. The van der Waals surface area contributed by atoms with Crippen molar-refractivity contribution < 1.29 is 9.90 Å². The molecule has 86 valence electrons. The van der Waals surface area contributed by atoms with Gasteiger partial charge >= 0.3 is 0 Å². The van der Waals surface area contributed by atoms with Crippen molar-refractivity contribution in [2.45, 2.75) is 37.8 Å². The number of rotatable bonds is 2. The molecule has 0 aromatic carbocycles. The Morgan fingerprint density at radius 1 is 1.38 bits per heavy atom. The van der Waals surface area contributed by atoms with Gasteiger partial charge < -0.3 is 10.4 Å². The number of aliphatic hydroxyl groups is 1. The van der Waals surface area contributed by atoms with Gasteiger partial charge in [-0.05, 0) is 25.0 Å². The summed E-state index contributed by atoms with van der Waals surface area (Å²) in [6.07, 6.45) is 4.89. The van der Waals surface area contributed by atoms with Gasteiger partial charge in [0.15, 0.2) is 0 Å². The predicted octanol–water partition coefficient (Wildman–Crippen LogP) is 1.11. The molecule has 1 aromatic heterocycles. The molecular formula is C12H16N2O2. The molecule has 1 heterocycles. The van der Waals surface area contributed by atoms with E-state index >= 15 is 0 Å². The molecule has 2 N–H and O–H groups in total. The highest BCUT2D eigenvalue weighted by Gasteiger charge is 2.24. The molecule has 2 atom stereocenters. The maximum atomic E-state index is 11.8. The Bertz CT molecular complexity index is 353. The Morgan fingerprint density at radius 2 is 2.19 bits per heavy atom. The quantitative estimate of drug-likeness (QED) is 0.785. The van der Waals surface area contributed by atoms with Crippen LogP contribution in [0, 0.1) is 0 Å². The molecule has 2 rings (SSSR count). The highest BCUT2D eigenvalue weighted by molar-refractivity contribution is 5.92. The summed E-state index contributed by atoms with van der Waals surface area (Å²) in [5, 5.41) is 12.6. The highest BCUT2D eigenvalue weighted by atomic mass is 16.3. The van der Waals surface area contributed by atoms with Gasteiger partial charge in [0.1, 0.15) is 5.69 Å². The van der Waals surface area contributed by atoms with Crippen LogP contribution in [0.2, 0.25) is 0 Å². The number of nitrogens with zero attached hydrogens (tertiary/aromatic N) is 1. The zero-order valence-electron chi connectivity index (χ0n) is 9.10. The summed E-state index contributed by atoms with van der Waals surface area (Å²) in [4.78, 5) is 15.7. The normalized spacial score (nSPS) is 25.1. The van der Waals surface area contributed by atoms with Crippen LogP contribution in [0.3, 0.4) is 0 Å². The second-order valence-electron chi connectivity index (χ2n) is 4.15. The summed E-state index contributed by atoms with van der Waals surface area (Å²) in [6.45, 7) is 0. The van der Waals surface area contributed by atoms with Crippen molar-refractivity contribution in [2.24, 2.45) is 0 Å². The van der Waals surface area contributed by atoms with Gasteiger partial charge in [-0.25, -0.2) is 0 Å². The van der Waals surface area contributed by atoms with Crippen LogP contribution in [0.1, 0.15) is 36.2 Å². The van der Waals surface area contributed by atoms with Crippen molar-refractivity contribution >= 4 is 5.91 Å². The van der Waals surface area contributed by atoms with Crippen molar-refractivity contribution in [1.82, 2.24) is 10.3 Å². The molecule has 1 aliphatic rings. The van der Waals surface area contributed by atoms with Crippen LogP contribution in [0.15, 0.2) is 24.4 Å². The summed E-state index contributed by atoms with van der Waals surface area (Å²) in [7, 11) is 0. The SMILES string of the molecule is O=C(NC1CCCCC1O)c1ccccn1. The number of nitrogens with one attached hydrogen (secondary N) is 1. The van der Waals surface area contributed by atoms with Crippen molar-refractivity contribution in [3.8, 4) is 0 Å². The van der Waals surface area contributed by atoms with Gasteiger partial charge in [-0.3, -0.25) is 9.78 Å². The third kappa shape index (κ3) is 2.58. The molecule has 16 heavy (non-hydrogen) atoms. The van der Waals surface area contributed by atoms with Crippen LogP contribution in [-0.4, -0.2) is 28.1 Å². The first kappa shape index (κ1) is 11.1. The fourth-order valence-electron chi connectivity index (χ4n) is 2.02. The van der Waals surface area contributed by atoms with Gasteiger partial charge in [-0.2, -0.15) is 0 Å². The Balaban J connectivity index is 1.96. The van der Waals surface area contributed by atoms with E-state index in [0.29, 0.717) is 5.69 Å². The standard InChI is InChI=1S/C12H16N2O2/c15-11-7-2-1-5-9(11)14-12(16)10-6-3-4-8-13-10/h3-4,6,8-9,11,15H,1-2,5,7H2,(H,14,16). The zero-order valence-corrected chi connectivity index (χ0v) is 9.10. The van der Waals surface area contributed by atoms with E-state index < -0.39 is 6.10 Å². The molecule has 0 spiro atoms. The molecule has 0 saturated heterocycles. The largest absolute Gasteiger partial charge is 0.391 e. The lowest BCUT2D eigenvalue weighted by Gasteiger charge is -2.28. The van der Waals surface area contributed by atoms with Gasteiger partial charge in [0.05, 0.1) is 12.1 Å². The minimum Gasteiger partial charge on any atom is -0.391 e. The van der Waals surface area contributed by atoms with E-state index in [0.717, 1.165) is 25.7 Å². The monoisotopic (exact) mass is 220 g/mol. The Kier molecular flexibility index (Phi) is 3.51. The fraction of sp³-hybridized carbons (Fsp3) is 0.500. The van der Waals surface area contributed by atoms with Gasteiger partial charge in [0.25, 0.3) is 5.91 Å². The number of carbonyl (C=O) groups is 1. The molecule has 0 bridgehead atoms. The first-order valence-corrected chi connectivity index (χ1v) is 5.67.